The molecular formula is C17H21N3O3. The van der Waals surface area contributed by atoms with Crippen LogP contribution < -0.4 is 10.6 Å². The Labute approximate surface area is 134 Å². The van der Waals surface area contributed by atoms with Crippen LogP contribution in [0.4, 0.5) is 5.82 Å². The van der Waals surface area contributed by atoms with Crippen LogP contribution in [-0.2, 0) is 0 Å². The Balaban J connectivity index is 1.94. The van der Waals surface area contributed by atoms with Crippen LogP contribution in [0.25, 0.3) is 11.3 Å². The maximum absolute atomic E-state index is 11.8. The molecule has 1 aliphatic rings. The minimum absolute atomic E-state index is 0.143. The van der Waals surface area contributed by atoms with Crippen LogP contribution >= 0.6 is 0 Å². The van der Waals surface area contributed by atoms with Gasteiger partial charge in [-0.1, -0.05) is 35.5 Å². The van der Waals surface area contributed by atoms with Crippen molar-refractivity contribution in [3.05, 3.63) is 35.9 Å². The zero-order valence-corrected chi connectivity index (χ0v) is 12.9. The SMILES string of the molecule is NCCC1CCCN(c2noc(-c3ccccc3)c2C(=O)O)C1. The Hall–Kier alpha value is -2.34. The Morgan fingerprint density at radius 1 is 1.39 bits per heavy atom. The summed E-state index contributed by atoms with van der Waals surface area (Å²) in [6.45, 7) is 2.22. The van der Waals surface area contributed by atoms with E-state index < -0.39 is 5.97 Å². The molecule has 1 unspecified atom stereocenters. The average Bonchev–Trinajstić information content (AvgIpc) is 3.01. The van der Waals surface area contributed by atoms with E-state index in [1.165, 1.54) is 0 Å². The fourth-order valence-corrected chi connectivity index (χ4v) is 3.21. The third kappa shape index (κ3) is 3.22. The number of carboxylic acids is 1. The van der Waals surface area contributed by atoms with Crippen molar-refractivity contribution in [2.24, 2.45) is 11.7 Å². The summed E-state index contributed by atoms with van der Waals surface area (Å²) in [6.07, 6.45) is 3.08. The van der Waals surface area contributed by atoms with Gasteiger partial charge in [-0.25, -0.2) is 4.79 Å². The largest absolute Gasteiger partial charge is 0.477 e. The molecule has 1 aromatic carbocycles. The molecule has 0 spiro atoms. The van der Waals surface area contributed by atoms with Gasteiger partial charge in [0.25, 0.3) is 0 Å². The van der Waals surface area contributed by atoms with Crippen LogP contribution in [0.1, 0.15) is 29.6 Å². The molecule has 0 bridgehead atoms. The summed E-state index contributed by atoms with van der Waals surface area (Å²) in [6, 6.07) is 9.22. The Bertz CT molecular complexity index is 667. The minimum Gasteiger partial charge on any atom is -0.477 e. The highest BCUT2D eigenvalue weighted by Crippen LogP contribution is 2.33. The Morgan fingerprint density at radius 2 is 2.17 bits per heavy atom. The van der Waals surface area contributed by atoms with Gasteiger partial charge in [0, 0.05) is 18.7 Å². The molecule has 0 radical (unpaired) electrons. The fourth-order valence-electron chi connectivity index (χ4n) is 3.21. The molecule has 2 heterocycles. The summed E-state index contributed by atoms with van der Waals surface area (Å²) >= 11 is 0. The predicted molar refractivity (Wildman–Crippen MR) is 87.5 cm³/mol. The number of carboxylic acid groups (broad SMARTS) is 1. The maximum Gasteiger partial charge on any atom is 0.343 e. The van der Waals surface area contributed by atoms with E-state index in [0.29, 0.717) is 24.0 Å². The predicted octanol–water partition coefficient (Wildman–Crippen LogP) is 2.61. The third-order valence-corrected chi connectivity index (χ3v) is 4.32. The second-order valence-corrected chi connectivity index (χ2v) is 5.91. The van der Waals surface area contributed by atoms with Crippen molar-refractivity contribution in [2.75, 3.05) is 24.5 Å². The maximum atomic E-state index is 11.8. The molecule has 1 aromatic heterocycles. The molecule has 1 atom stereocenters. The molecule has 0 aliphatic carbocycles. The van der Waals surface area contributed by atoms with E-state index in [4.69, 9.17) is 10.3 Å². The van der Waals surface area contributed by atoms with Crippen LogP contribution in [0.3, 0.4) is 0 Å². The number of nitrogens with zero attached hydrogens (tertiary/aromatic N) is 2. The number of nitrogens with two attached hydrogens (primary N) is 1. The lowest BCUT2D eigenvalue weighted by Gasteiger charge is -2.32. The zero-order chi connectivity index (χ0) is 16.2. The highest BCUT2D eigenvalue weighted by molar-refractivity contribution is 5.99. The van der Waals surface area contributed by atoms with Crippen LogP contribution in [0, 0.1) is 5.92 Å². The van der Waals surface area contributed by atoms with E-state index in [0.717, 1.165) is 37.9 Å². The Morgan fingerprint density at radius 3 is 2.87 bits per heavy atom. The first-order chi connectivity index (χ1) is 11.2. The first-order valence-electron chi connectivity index (χ1n) is 7.94. The first-order valence-corrected chi connectivity index (χ1v) is 7.94. The summed E-state index contributed by atoms with van der Waals surface area (Å²) in [4.78, 5) is 13.8. The number of benzene rings is 1. The number of hydrogen-bond donors (Lipinski definition) is 2. The first kappa shape index (κ1) is 15.6. The van der Waals surface area contributed by atoms with E-state index >= 15 is 0 Å². The lowest BCUT2D eigenvalue weighted by Crippen LogP contribution is -2.37. The van der Waals surface area contributed by atoms with Crippen LogP contribution in [0.2, 0.25) is 0 Å². The summed E-state index contributed by atoms with van der Waals surface area (Å²) in [7, 11) is 0. The monoisotopic (exact) mass is 315 g/mol. The van der Waals surface area contributed by atoms with E-state index in [9.17, 15) is 9.90 Å². The summed E-state index contributed by atoms with van der Waals surface area (Å²) in [5, 5.41) is 13.7. The molecule has 3 rings (SSSR count). The molecule has 23 heavy (non-hydrogen) atoms. The van der Waals surface area contributed by atoms with Gasteiger partial charge in [0.1, 0.15) is 0 Å². The van der Waals surface area contributed by atoms with Crippen molar-refractivity contribution in [3.8, 4) is 11.3 Å². The second kappa shape index (κ2) is 6.83. The summed E-state index contributed by atoms with van der Waals surface area (Å²) < 4.78 is 5.39. The van der Waals surface area contributed by atoms with Crippen LogP contribution in [0.15, 0.2) is 34.9 Å². The van der Waals surface area contributed by atoms with Crippen molar-refractivity contribution in [1.82, 2.24) is 5.16 Å². The molecular weight excluding hydrogens is 294 g/mol. The second-order valence-electron chi connectivity index (χ2n) is 5.91. The number of carbonyl (C=O) groups is 1. The third-order valence-electron chi connectivity index (χ3n) is 4.32. The van der Waals surface area contributed by atoms with E-state index in [-0.39, 0.29) is 5.56 Å². The molecule has 1 saturated heterocycles. The van der Waals surface area contributed by atoms with E-state index in [1.807, 2.05) is 35.2 Å². The summed E-state index contributed by atoms with van der Waals surface area (Å²) in [5.41, 5.74) is 6.52. The van der Waals surface area contributed by atoms with Crippen molar-refractivity contribution in [1.29, 1.82) is 0 Å². The van der Waals surface area contributed by atoms with Crippen LogP contribution in [0.5, 0.6) is 0 Å². The lowest BCUT2D eigenvalue weighted by atomic mass is 9.94. The van der Waals surface area contributed by atoms with Crippen molar-refractivity contribution in [2.45, 2.75) is 19.3 Å². The fraction of sp³-hybridized carbons (Fsp3) is 0.412. The van der Waals surface area contributed by atoms with Gasteiger partial charge in [-0.05, 0) is 31.7 Å². The highest BCUT2D eigenvalue weighted by Gasteiger charge is 2.30. The Kier molecular flexibility index (Phi) is 4.62. The molecule has 3 N–H and O–H groups in total. The van der Waals surface area contributed by atoms with Gasteiger partial charge in [-0.2, -0.15) is 0 Å². The van der Waals surface area contributed by atoms with Gasteiger partial charge in [-0.3, -0.25) is 0 Å². The van der Waals surface area contributed by atoms with Gasteiger partial charge in [-0.15, -0.1) is 0 Å². The number of piperidine rings is 1. The highest BCUT2D eigenvalue weighted by atomic mass is 16.5. The quantitative estimate of drug-likeness (QED) is 0.881. The van der Waals surface area contributed by atoms with Gasteiger partial charge in [0.05, 0.1) is 0 Å². The molecule has 0 amide bonds. The molecule has 0 saturated carbocycles. The number of anilines is 1. The van der Waals surface area contributed by atoms with Gasteiger partial charge < -0.3 is 20.3 Å². The van der Waals surface area contributed by atoms with E-state index in [1.54, 1.807) is 0 Å². The number of hydrogen-bond acceptors (Lipinski definition) is 5. The molecule has 2 aromatic rings. The molecule has 122 valence electrons. The molecule has 6 heteroatoms. The number of rotatable bonds is 5. The normalized spacial score (nSPS) is 18.1. The molecule has 1 fully saturated rings. The number of aromatic nitrogens is 1. The molecule has 1 aliphatic heterocycles. The van der Waals surface area contributed by atoms with Gasteiger partial charge in [0.15, 0.2) is 17.1 Å². The van der Waals surface area contributed by atoms with Crippen molar-refractivity contribution < 1.29 is 14.4 Å². The van der Waals surface area contributed by atoms with Crippen molar-refractivity contribution in [3.63, 3.8) is 0 Å². The van der Waals surface area contributed by atoms with Gasteiger partial charge >= 0.3 is 5.97 Å². The summed E-state index contributed by atoms with van der Waals surface area (Å²) in [5.74, 6) is 0.209. The smallest absolute Gasteiger partial charge is 0.343 e. The zero-order valence-electron chi connectivity index (χ0n) is 12.9. The minimum atomic E-state index is -1.01. The van der Waals surface area contributed by atoms with E-state index in [2.05, 4.69) is 5.16 Å². The lowest BCUT2D eigenvalue weighted by molar-refractivity contribution is 0.0697. The van der Waals surface area contributed by atoms with Gasteiger partial charge in [0.2, 0.25) is 0 Å². The van der Waals surface area contributed by atoms with Crippen molar-refractivity contribution >= 4 is 11.8 Å². The molecule has 6 nitrogen and oxygen atoms in total. The number of aromatic carboxylic acids is 1. The standard InChI is InChI=1S/C17H21N3O3/c18-9-8-12-5-4-10-20(11-12)16-14(17(21)22)15(23-19-16)13-6-2-1-3-7-13/h1-3,6-7,12H,4-5,8-11,18H2,(H,21,22). The topological polar surface area (TPSA) is 92.6 Å². The van der Waals surface area contributed by atoms with Crippen LogP contribution in [-0.4, -0.2) is 35.9 Å². The average molecular weight is 315 g/mol.